The number of hydrogen-bond acceptors (Lipinski definition) is 5. The highest BCUT2D eigenvalue weighted by Gasteiger charge is 2.16. The van der Waals surface area contributed by atoms with Gasteiger partial charge in [-0.25, -0.2) is 0 Å². The molecule has 1 aromatic heterocycles. The van der Waals surface area contributed by atoms with Crippen LogP contribution in [0.4, 0.5) is 0 Å². The zero-order chi connectivity index (χ0) is 13.8. The third-order valence-electron chi connectivity index (χ3n) is 2.79. The van der Waals surface area contributed by atoms with Crippen LogP contribution in [-0.2, 0) is 0 Å². The Morgan fingerprint density at radius 1 is 1.47 bits per heavy atom. The largest absolute Gasteiger partial charge is 0.342 e. The second-order valence-electron chi connectivity index (χ2n) is 4.15. The smallest absolute Gasteiger partial charge is 0.252 e. The molecule has 1 aromatic carbocycles. The number of H-pyrrole nitrogens is 1. The summed E-state index contributed by atoms with van der Waals surface area (Å²) < 4.78 is 0. The molecule has 0 radical (unpaired) electrons. The highest BCUT2D eigenvalue weighted by Crippen LogP contribution is 2.19. The molecule has 19 heavy (non-hydrogen) atoms. The summed E-state index contributed by atoms with van der Waals surface area (Å²) in [5, 5.41) is 16.4. The number of tetrazole rings is 1. The van der Waals surface area contributed by atoms with Crippen molar-refractivity contribution < 1.29 is 4.79 Å². The number of nitrogens with one attached hydrogen (secondary N) is 2. The quantitative estimate of drug-likeness (QED) is 0.831. The third-order valence-corrected chi connectivity index (χ3v) is 3.51. The van der Waals surface area contributed by atoms with Crippen LogP contribution in [0, 0.1) is 6.92 Å². The van der Waals surface area contributed by atoms with Crippen LogP contribution in [0.15, 0.2) is 23.1 Å². The number of thioether (sulfide) groups is 1. The van der Waals surface area contributed by atoms with Crippen LogP contribution in [0.2, 0.25) is 0 Å². The van der Waals surface area contributed by atoms with Crippen molar-refractivity contribution in [3.8, 4) is 0 Å². The maximum Gasteiger partial charge on any atom is 0.252 e. The maximum absolute atomic E-state index is 12.2. The Morgan fingerprint density at radius 3 is 2.89 bits per heavy atom. The molecule has 7 heteroatoms. The SMILES string of the molecule is CSc1ccc(C)c(C(=O)NC(C)c2nn[nH]n2)c1. The second kappa shape index (κ2) is 5.83. The van der Waals surface area contributed by atoms with Gasteiger partial charge in [-0.2, -0.15) is 5.21 Å². The first-order valence-corrected chi connectivity index (χ1v) is 7.03. The van der Waals surface area contributed by atoms with E-state index in [1.807, 2.05) is 38.3 Å². The van der Waals surface area contributed by atoms with Crippen molar-refractivity contribution in [2.24, 2.45) is 0 Å². The lowest BCUT2D eigenvalue weighted by Crippen LogP contribution is -2.28. The molecule has 2 rings (SSSR count). The standard InChI is InChI=1S/C12H15N5OS/c1-7-4-5-9(19-3)6-10(7)12(18)13-8(2)11-14-16-17-15-11/h4-6,8H,1-3H3,(H,13,18)(H,14,15,16,17). The number of carbonyl (C=O) groups excluding carboxylic acids is 1. The monoisotopic (exact) mass is 277 g/mol. The Balaban J connectivity index is 2.16. The number of nitrogens with zero attached hydrogens (tertiary/aromatic N) is 3. The Hall–Kier alpha value is -1.89. The van der Waals surface area contributed by atoms with Crippen molar-refractivity contribution in [1.82, 2.24) is 25.9 Å². The minimum Gasteiger partial charge on any atom is -0.342 e. The van der Waals surface area contributed by atoms with Gasteiger partial charge in [0.15, 0.2) is 5.82 Å². The highest BCUT2D eigenvalue weighted by atomic mass is 32.2. The molecule has 1 amide bonds. The molecule has 2 N–H and O–H groups in total. The molecule has 0 spiro atoms. The van der Waals surface area contributed by atoms with Gasteiger partial charge < -0.3 is 5.32 Å². The molecule has 0 aliphatic heterocycles. The van der Waals surface area contributed by atoms with Gasteiger partial charge in [0.05, 0.1) is 6.04 Å². The molecule has 0 saturated heterocycles. The molecule has 0 bridgehead atoms. The predicted octanol–water partition coefficient (Wildman–Crippen LogP) is 1.72. The van der Waals surface area contributed by atoms with E-state index in [0.29, 0.717) is 11.4 Å². The molecule has 0 aliphatic carbocycles. The molecule has 0 fully saturated rings. The molecule has 0 saturated carbocycles. The number of aromatic amines is 1. The second-order valence-corrected chi connectivity index (χ2v) is 5.03. The molecule has 2 aromatic rings. The van der Waals surface area contributed by atoms with Crippen LogP contribution in [0.1, 0.15) is 34.7 Å². The fourth-order valence-corrected chi connectivity index (χ4v) is 2.10. The van der Waals surface area contributed by atoms with Gasteiger partial charge in [0.1, 0.15) is 0 Å². The van der Waals surface area contributed by atoms with E-state index in [4.69, 9.17) is 0 Å². The molecule has 0 aliphatic rings. The van der Waals surface area contributed by atoms with Crippen LogP contribution in [0.5, 0.6) is 0 Å². The number of carbonyl (C=O) groups is 1. The van der Waals surface area contributed by atoms with E-state index in [9.17, 15) is 4.79 Å². The van der Waals surface area contributed by atoms with Gasteiger partial charge in [-0.1, -0.05) is 11.3 Å². The first-order valence-electron chi connectivity index (χ1n) is 5.80. The van der Waals surface area contributed by atoms with Crippen molar-refractivity contribution in [2.75, 3.05) is 6.26 Å². The molecule has 6 nitrogen and oxygen atoms in total. The number of benzene rings is 1. The zero-order valence-electron chi connectivity index (χ0n) is 11.0. The Bertz CT molecular complexity index is 570. The average Bonchev–Trinajstić information content (AvgIpc) is 2.93. The van der Waals surface area contributed by atoms with Crippen LogP contribution in [0.3, 0.4) is 0 Å². The molecular weight excluding hydrogens is 262 g/mol. The first kappa shape index (κ1) is 13.5. The molecule has 1 unspecified atom stereocenters. The van der Waals surface area contributed by atoms with Crippen LogP contribution in [0.25, 0.3) is 0 Å². The zero-order valence-corrected chi connectivity index (χ0v) is 11.8. The summed E-state index contributed by atoms with van der Waals surface area (Å²) in [5.74, 6) is 0.331. The number of amides is 1. The lowest BCUT2D eigenvalue weighted by Gasteiger charge is -2.12. The number of aromatic nitrogens is 4. The van der Waals surface area contributed by atoms with Crippen molar-refractivity contribution in [1.29, 1.82) is 0 Å². The van der Waals surface area contributed by atoms with Crippen molar-refractivity contribution in [3.63, 3.8) is 0 Å². The van der Waals surface area contributed by atoms with Gasteiger partial charge in [0.2, 0.25) is 0 Å². The average molecular weight is 277 g/mol. The molecule has 100 valence electrons. The maximum atomic E-state index is 12.2. The van der Waals surface area contributed by atoms with Gasteiger partial charge in [0.25, 0.3) is 5.91 Å². The minimum absolute atomic E-state index is 0.134. The van der Waals surface area contributed by atoms with Crippen LogP contribution >= 0.6 is 11.8 Å². The van der Waals surface area contributed by atoms with Gasteiger partial charge in [-0.05, 0) is 37.8 Å². The fourth-order valence-electron chi connectivity index (χ4n) is 1.66. The van der Waals surface area contributed by atoms with Gasteiger partial charge >= 0.3 is 0 Å². The van der Waals surface area contributed by atoms with Gasteiger partial charge in [-0.15, -0.1) is 22.0 Å². The summed E-state index contributed by atoms with van der Waals surface area (Å²) >= 11 is 1.61. The van der Waals surface area contributed by atoms with E-state index in [2.05, 4.69) is 25.9 Å². The number of rotatable bonds is 4. The summed E-state index contributed by atoms with van der Waals surface area (Å²) in [4.78, 5) is 13.3. The van der Waals surface area contributed by atoms with E-state index in [0.717, 1.165) is 10.5 Å². The summed E-state index contributed by atoms with van der Waals surface area (Å²) in [6.07, 6.45) is 1.98. The summed E-state index contributed by atoms with van der Waals surface area (Å²) in [5.41, 5.74) is 1.61. The van der Waals surface area contributed by atoms with E-state index in [1.54, 1.807) is 11.8 Å². The fraction of sp³-hybridized carbons (Fsp3) is 0.333. The lowest BCUT2D eigenvalue weighted by atomic mass is 10.1. The van der Waals surface area contributed by atoms with E-state index < -0.39 is 0 Å². The number of hydrogen-bond donors (Lipinski definition) is 2. The Labute approximate surface area is 115 Å². The molecular formula is C12H15N5OS. The topological polar surface area (TPSA) is 83.6 Å². The normalized spacial score (nSPS) is 12.2. The molecule has 1 atom stereocenters. The third kappa shape index (κ3) is 3.11. The van der Waals surface area contributed by atoms with Gasteiger partial charge in [0, 0.05) is 10.5 Å². The lowest BCUT2D eigenvalue weighted by molar-refractivity contribution is 0.0937. The van der Waals surface area contributed by atoms with Crippen molar-refractivity contribution >= 4 is 17.7 Å². The van der Waals surface area contributed by atoms with Crippen molar-refractivity contribution in [2.45, 2.75) is 24.8 Å². The van der Waals surface area contributed by atoms with Gasteiger partial charge in [-0.3, -0.25) is 4.79 Å². The first-order chi connectivity index (χ1) is 9.11. The summed E-state index contributed by atoms with van der Waals surface area (Å²) in [7, 11) is 0. The predicted molar refractivity (Wildman–Crippen MR) is 73.0 cm³/mol. The Morgan fingerprint density at radius 2 is 2.26 bits per heavy atom. The molecule has 1 heterocycles. The Kier molecular flexibility index (Phi) is 4.16. The van der Waals surface area contributed by atoms with Crippen LogP contribution < -0.4 is 5.32 Å². The number of aryl methyl sites for hydroxylation is 1. The van der Waals surface area contributed by atoms with Crippen molar-refractivity contribution in [3.05, 3.63) is 35.2 Å². The van der Waals surface area contributed by atoms with Crippen LogP contribution in [-0.4, -0.2) is 32.8 Å². The summed E-state index contributed by atoms with van der Waals surface area (Å²) in [6.45, 7) is 3.73. The summed E-state index contributed by atoms with van der Waals surface area (Å²) in [6, 6.07) is 5.54. The van der Waals surface area contributed by atoms with E-state index in [-0.39, 0.29) is 11.9 Å². The highest BCUT2D eigenvalue weighted by molar-refractivity contribution is 7.98. The van der Waals surface area contributed by atoms with E-state index >= 15 is 0 Å². The van der Waals surface area contributed by atoms with E-state index in [1.165, 1.54) is 0 Å². The minimum atomic E-state index is -0.288.